The molecule has 4 heteroatoms. The van der Waals surface area contributed by atoms with Gasteiger partial charge in [-0.2, -0.15) is 0 Å². The topological polar surface area (TPSA) is 62.2 Å². The van der Waals surface area contributed by atoms with Crippen LogP contribution in [-0.4, -0.2) is 22.1 Å². The van der Waals surface area contributed by atoms with Gasteiger partial charge in [-0.1, -0.05) is 31.2 Å². The molecule has 4 nitrogen and oxygen atoms in total. The van der Waals surface area contributed by atoms with Crippen LogP contribution >= 0.6 is 0 Å². The Kier molecular flexibility index (Phi) is 3.71. The molecular formula is C17H18N2O2. The molecule has 0 aliphatic heterocycles. The fourth-order valence-corrected chi connectivity index (χ4v) is 2.90. The van der Waals surface area contributed by atoms with Gasteiger partial charge in [-0.05, 0) is 29.2 Å². The zero-order chi connectivity index (χ0) is 14.8. The predicted molar refractivity (Wildman–Crippen MR) is 80.0 cm³/mol. The molecule has 3 rings (SSSR count). The molecule has 1 amide bonds. The first kappa shape index (κ1) is 13.8. The van der Waals surface area contributed by atoms with E-state index < -0.39 is 6.10 Å². The first-order valence-electron chi connectivity index (χ1n) is 7.20. The highest BCUT2D eigenvalue weighted by Crippen LogP contribution is 2.31. The monoisotopic (exact) mass is 282 g/mol. The van der Waals surface area contributed by atoms with E-state index in [1.54, 1.807) is 18.5 Å². The standard InChI is InChI=1S/C17H18N2O2/c1-2-11-10-18-8-7-14(11)17(21)19-16-13-6-4-3-5-12(13)9-15(16)20/h3-8,10,15-16,20H,2,9H2,1H3,(H,19,21). The van der Waals surface area contributed by atoms with Crippen molar-refractivity contribution >= 4 is 5.91 Å². The van der Waals surface area contributed by atoms with E-state index in [-0.39, 0.29) is 11.9 Å². The SMILES string of the molecule is CCc1cnccc1C(=O)NC1c2ccccc2CC1O. The number of amides is 1. The molecule has 0 saturated carbocycles. The molecule has 1 aromatic carbocycles. The van der Waals surface area contributed by atoms with Crippen LogP contribution in [0.3, 0.4) is 0 Å². The average Bonchev–Trinajstić information content (AvgIpc) is 2.83. The van der Waals surface area contributed by atoms with Crippen LogP contribution in [0.25, 0.3) is 0 Å². The third kappa shape index (κ3) is 2.54. The minimum absolute atomic E-state index is 0.157. The zero-order valence-electron chi connectivity index (χ0n) is 11.9. The number of nitrogens with zero attached hydrogens (tertiary/aromatic N) is 1. The van der Waals surface area contributed by atoms with Crippen LogP contribution in [0, 0.1) is 0 Å². The lowest BCUT2D eigenvalue weighted by molar-refractivity contribution is 0.0857. The number of hydrogen-bond acceptors (Lipinski definition) is 3. The largest absolute Gasteiger partial charge is 0.390 e. The van der Waals surface area contributed by atoms with Gasteiger partial charge in [-0.3, -0.25) is 9.78 Å². The summed E-state index contributed by atoms with van der Waals surface area (Å²) >= 11 is 0. The smallest absolute Gasteiger partial charge is 0.252 e. The normalized spacial score (nSPS) is 20.1. The van der Waals surface area contributed by atoms with E-state index in [1.807, 2.05) is 31.2 Å². The van der Waals surface area contributed by atoms with Crippen molar-refractivity contribution in [3.63, 3.8) is 0 Å². The Balaban J connectivity index is 1.85. The number of hydrogen-bond donors (Lipinski definition) is 2. The first-order chi connectivity index (χ1) is 10.2. The van der Waals surface area contributed by atoms with E-state index >= 15 is 0 Å². The van der Waals surface area contributed by atoms with Crippen LogP contribution in [0.1, 0.15) is 40.0 Å². The lowest BCUT2D eigenvalue weighted by Crippen LogP contribution is -2.34. The van der Waals surface area contributed by atoms with Gasteiger partial charge < -0.3 is 10.4 Å². The van der Waals surface area contributed by atoms with Gasteiger partial charge >= 0.3 is 0 Å². The van der Waals surface area contributed by atoms with E-state index in [9.17, 15) is 9.90 Å². The summed E-state index contributed by atoms with van der Waals surface area (Å²) in [6.45, 7) is 1.99. The highest BCUT2D eigenvalue weighted by molar-refractivity contribution is 5.95. The molecule has 2 aromatic rings. The maximum absolute atomic E-state index is 12.5. The van der Waals surface area contributed by atoms with Gasteiger partial charge in [-0.15, -0.1) is 0 Å². The second-order valence-electron chi connectivity index (χ2n) is 5.31. The van der Waals surface area contributed by atoms with Gasteiger partial charge in [0, 0.05) is 24.4 Å². The molecule has 0 spiro atoms. The van der Waals surface area contributed by atoms with E-state index in [0.29, 0.717) is 12.0 Å². The van der Waals surface area contributed by atoms with Crippen LogP contribution < -0.4 is 5.32 Å². The Bertz CT molecular complexity index is 669. The predicted octanol–water partition coefficient (Wildman–Crippen LogP) is 2.03. The number of carbonyl (C=O) groups is 1. The minimum Gasteiger partial charge on any atom is -0.390 e. The third-order valence-corrected chi connectivity index (χ3v) is 4.02. The minimum atomic E-state index is -0.571. The maximum atomic E-state index is 12.5. The Morgan fingerprint density at radius 1 is 1.38 bits per heavy atom. The van der Waals surface area contributed by atoms with Crippen LogP contribution in [0.5, 0.6) is 0 Å². The number of fused-ring (bicyclic) bond motifs is 1. The fraction of sp³-hybridized carbons (Fsp3) is 0.294. The van der Waals surface area contributed by atoms with Gasteiger partial charge in [0.25, 0.3) is 5.91 Å². The summed E-state index contributed by atoms with van der Waals surface area (Å²) in [5, 5.41) is 13.2. The van der Waals surface area contributed by atoms with Crippen LogP contribution in [0.15, 0.2) is 42.7 Å². The Hall–Kier alpha value is -2.20. The third-order valence-electron chi connectivity index (χ3n) is 4.02. The van der Waals surface area contributed by atoms with Gasteiger partial charge in [0.15, 0.2) is 0 Å². The van der Waals surface area contributed by atoms with Gasteiger partial charge in [0.1, 0.15) is 0 Å². The van der Waals surface area contributed by atoms with Gasteiger partial charge in [0.05, 0.1) is 12.1 Å². The molecular weight excluding hydrogens is 264 g/mol. The first-order valence-corrected chi connectivity index (χ1v) is 7.20. The summed E-state index contributed by atoms with van der Waals surface area (Å²) in [5.74, 6) is -0.157. The van der Waals surface area contributed by atoms with E-state index in [4.69, 9.17) is 0 Å². The second kappa shape index (κ2) is 5.66. The van der Waals surface area contributed by atoms with Crippen molar-refractivity contribution in [3.8, 4) is 0 Å². The van der Waals surface area contributed by atoms with Crippen molar-refractivity contribution < 1.29 is 9.90 Å². The highest BCUT2D eigenvalue weighted by Gasteiger charge is 2.32. The number of nitrogens with one attached hydrogen (secondary N) is 1. The Morgan fingerprint density at radius 2 is 2.19 bits per heavy atom. The number of rotatable bonds is 3. The van der Waals surface area contributed by atoms with Crippen molar-refractivity contribution in [1.29, 1.82) is 0 Å². The van der Waals surface area contributed by atoms with Crippen molar-refractivity contribution in [3.05, 3.63) is 65.0 Å². The number of aliphatic hydroxyl groups is 1. The highest BCUT2D eigenvalue weighted by atomic mass is 16.3. The molecule has 2 atom stereocenters. The molecule has 0 fully saturated rings. The summed E-state index contributed by atoms with van der Waals surface area (Å²) in [6.07, 6.45) is 4.10. The molecule has 2 N–H and O–H groups in total. The number of benzene rings is 1. The van der Waals surface area contributed by atoms with Gasteiger partial charge in [0.2, 0.25) is 0 Å². The van der Waals surface area contributed by atoms with E-state index in [2.05, 4.69) is 10.3 Å². The van der Waals surface area contributed by atoms with Crippen LogP contribution in [0.2, 0.25) is 0 Å². The summed E-state index contributed by atoms with van der Waals surface area (Å²) in [5.41, 5.74) is 3.64. The number of aromatic nitrogens is 1. The van der Waals surface area contributed by atoms with E-state index in [1.165, 1.54) is 0 Å². The molecule has 21 heavy (non-hydrogen) atoms. The van der Waals surface area contributed by atoms with Crippen molar-refractivity contribution in [1.82, 2.24) is 10.3 Å². The number of carbonyl (C=O) groups excluding carboxylic acids is 1. The van der Waals surface area contributed by atoms with Crippen molar-refractivity contribution in [2.24, 2.45) is 0 Å². The average molecular weight is 282 g/mol. The summed E-state index contributed by atoms with van der Waals surface area (Å²) in [6, 6.07) is 9.22. The van der Waals surface area contributed by atoms with Gasteiger partial charge in [-0.25, -0.2) is 0 Å². The van der Waals surface area contributed by atoms with Crippen molar-refractivity contribution in [2.75, 3.05) is 0 Å². The lowest BCUT2D eigenvalue weighted by atomic mass is 10.0. The lowest BCUT2D eigenvalue weighted by Gasteiger charge is -2.18. The maximum Gasteiger partial charge on any atom is 0.252 e. The molecule has 0 bridgehead atoms. The second-order valence-corrected chi connectivity index (χ2v) is 5.31. The molecule has 2 unspecified atom stereocenters. The van der Waals surface area contributed by atoms with Crippen molar-refractivity contribution in [2.45, 2.75) is 31.9 Å². The number of aliphatic hydroxyl groups excluding tert-OH is 1. The quantitative estimate of drug-likeness (QED) is 0.905. The molecule has 0 saturated heterocycles. The summed E-state index contributed by atoms with van der Waals surface area (Å²) in [4.78, 5) is 16.5. The Morgan fingerprint density at radius 3 is 3.00 bits per heavy atom. The van der Waals surface area contributed by atoms with Crippen LogP contribution in [-0.2, 0) is 12.8 Å². The van der Waals surface area contributed by atoms with Crippen LogP contribution in [0.4, 0.5) is 0 Å². The number of aryl methyl sites for hydroxylation is 1. The Labute approximate surface area is 123 Å². The summed E-state index contributed by atoms with van der Waals surface area (Å²) in [7, 11) is 0. The molecule has 1 aliphatic carbocycles. The molecule has 1 aliphatic rings. The molecule has 0 radical (unpaired) electrons. The summed E-state index contributed by atoms with van der Waals surface area (Å²) < 4.78 is 0. The molecule has 1 aromatic heterocycles. The fourth-order valence-electron chi connectivity index (χ4n) is 2.90. The van der Waals surface area contributed by atoms with E-state index in [0.717, 1.165) is 23.1 Å². The molecule has 1 heterocycles. The molecule has 108 valence electrons. The zero-order valence-corrected chi connectivity index (χ0v) is 11.9. The number of pyridine rings is 1.